The average Bonchev–Trinajstić information content (AvgIpc) is 2.72. The van der Waals surface area contributed by atoms with E-state index in [1.54, 1.807) is 18.2 Å². The summed E-state index contributed by atoms with van der Waals surface area (Å²) < 4.78 is 0. The van der Waals surface area contributed by atoms with Crippen LogP contribution in [-0.4, -0.2) is 56.0 Å². The van der Waals surface area contributed by atoms with E-state index in [1.807, 2.05) is 25.1 Å². The monoisotopic (exact) mass is 400 g/mol. The first-order valence-electron chi connectivity index (χ1n) is 9.40. The van der Waals surface area contributed by atoms with E-state index >= 15 is 0 Å². The molecule has 7 heteroatoms. The molecule has 0 atom stereocenters. The van der Waals surface area contributed by atoms with Crippen molar-refractivity contribution >= 4 is 34.8 Å². The molecule has 1 heterocycles. The van der Waals surface area contributed by atoms with E-state index in [4.69, 9.17) is 11.6 Å². The second kappa shape index (κ2) is 9.57. The van der Waals surface area contributed by atoms with E-state index in [0.717, 1.165) is 38.3 Å². The fourth-order valence-corrected chi connectivity index (χ4v) is 3.32. The second-order valence-corrected chi connectivity index (χ2v) is 7.25. The molecular formula is C21H25ClN4O2. The van der Waals surface area contributed by atoms with Crippen LogP contribution in [0.2, 0.25) is 5.02 Å². The molecule has 0 unspecified atom stereocenters. The Morgan fingerprint density at radius 1 is 1.00 bits per heavy atom. The zero-order valence-corrected chi connectivity index (χ0v) is 16.7. The summed E-state index contributed by atoms with van der Waals surface area (Å²) in [6, 6.07) is 15.5. The molecule has 0 saturated carbocycles. The molecule has 1 aliphatic rings. The van der Waals surface area contributed by atoms with Crippen molar-refractivity contribution in [2.24, 2.45) is 0 Å². The van der Waals surface area contributed by atoms with Gasteiger partial charge in [-0.3, -0.25) is 14.5 Å². The fraction of sp³-hybridized carbons (Fsp3) is 0.333. The van der Waals surface area contributed by atoms with Gasteiger partial charge in [-0.25, -0.2) is 0 Å². The van der Waals surface area contributed by atoms with E-state index in [9.17, 15) is 9.59 Å². The summed E-state index contributed by atoms with van der Waals surface area (Å²) >= 11 is 6.04. The first-order valence-corrected chi connectivity index (χ1v) is 9.78. The maximum Gasteiger partial charge on any atom is 0.313 e. The predicted octanol–water partition coefficient (Wildman–Crippen LogP) is 2.53. The number of halogens is 1. The molecule has 0 radical (unpaired) electrons. The summed E-state index contributed by atoms with van der Waals surface area (Å²) in [5.41, 5.74) is 2.66. The molecule has 1 fully saturated rings. The number of hydrogen-bond acceptors (Lipinski definition) is 4. The van der Waals surface area contributed by atoms with Gasteiger partial charge in [0.15, 0.2) is 0 Å². The molecule has 2 aromatic carbocycles. The molecule has 0 aliphatic carbocycles. The van der Waals surface area contributed by atoms with Crippen molar-refractivity contribution in [3.63, 3.8) is 0 Å². The van der Waals surface area contributed by atoms with Gasteiger partial charge in [0.05, 0.1) is 0 Å². The summed E-state index contributed by atoms with van der Waals surface area (Å²) in [5.74, 6) is -1.33. The summed E-state index contributed by atoms with van der Waals surface area (Å²) in [4.78, 5) is 28.6. The molecular weight excluding hydrogens is 376 g/mol. The molecule has 1 saturated heterocycles. The molecule has 0 bridgehead atoms. The van der Waals surface area contributed by atoms with E-state index in [2.05, 4.69) is 32.6 Å². The molecule has 2 aromatic rings. The number of piperazine rings is 1. The molecule has 6 nitrogen and oxygen atoms in total. The number of amides is 2. The van der Waals surface area contributed by atoms with Crippen LogP contribution < -0.4 is 15.5 Å². The Bertz CT molecular complexity index is 820. The molecule has 2 N–H and O–H groups in total. The van der Waals surface area contributed by atoms with Crippen molar-refractivity contribution in [2.75, 3.05) is 49.5 Å². The van der Waals surface area contributed by atoms with Crippen molar-refractivity contribution in [2.45, 2.75) is 6.92 Å². The molecule has 0 spiro atoms. The highest BCUT2D eigenvalue weighted by molar-refractivity contribution is 6.39. The van der Waals surface area contributed by atoms with Gasteiger partial charge in [0.2, 0.25) is 0 Å². The third-order valence-corrected chi connectivity index (χ3v) is 5.25. The van der Waals surface area contributed by atoms with Crippen molar-refractivity contribution in [1.29, 1.82) is 0 Å². The topological polar surface area (TPSA) is 64.7 Å². The van der Waals surface area contributed by atoms with Gasteiger partial charge < -0.3 is 15.5 Å². The minimum atomic E-state index is -0.686. The van der Waals surface area contributed by atoms with Crippen molar-refractivity contribution in [3.05, 3.63) is 59.1 Å². The standard InChI is InChI=1S/C21H25ClN4O2/c1-16-7-8-17(15-19(16)22)24-21(28)20(27)23-9-10-25-11-13-26(14-12-25)18-5-3-2-4-6-18/h2-8,15H,9-14H2,1H3,(H,23,27)(H,24,28). The number of carbonyl (C=O) groups excluding carboxylic acids is 2. The first kappa shape index (κ1) is 20.2. The van der Waals surface area contributed by atoms with Gasteiger partial charge >= 0.3 is 11.8 Å². The lowest BCUT2D eigenvalue weighted by Crippen LogP contribution is -2.49. The van der Waals surface area contributed by atoms with Gasteiger partial charge in [-0.15, -0.1) is 0 Å². The Labute approximate surface area is 170 Å². The lowest BCUT2D eigenvalue weighted by atomic mass is 10.2. The van der Waals surface area contributed by atoms with Gasteiger partial charge in [0.1, 0.15) is 0 Å². The zero-order chi connectivity index (χ0) is 19.9. The van der Waals surface area contributed by atoms with E-state index in [-0.39, 0.29) is 0 Å². The average molecular weight is 401 g/mol. The van der Waals surface area contributed by atoms with Crippen LogP contribution in [0.1, 0.15) is 5.56 Å². The highest BCUT2D eigenvalue weighted by Crippen LogP contribution is 2.19. The highest BCUT2D eigenvalue weighted by Gasteiger charge is 2.18. The van der Waals surface area contributed by atoms with Gasteiger partial charge in [-0.2, -0.15) is 0 Å². The first-order chi connectivity index (χ1) is 13.5. The Balaban J connectivity index is 1.37. The maximum atomic E-state index is 12.0. The van der Waals surface area contributed by atoms with Crippen molar-refractivity contribution in [1.82, 2.24) is 10.2 Å². The summed E-state index contributed by atoms with van der Waals surface area (Å²) in [5, 5.41) is 5.80. The van der Waals surface area contributed by atoms with Gasteiger partial charge in [0.25, 0.3) is 0 Å². The van der Waals surface area contributed by atoms with Gasteiger partial charge in [-0.05, 0) is 36.8 Å². The van der Waals surface area contributed by atoms with E-state index < -0.39 is 11.8 Å². The number of nitrogens with zero attached hydrogens (tertiary/aromatic N) is 2. The number of rotatable bonds is 5. The largest absolute Gasteiger partial charge is 0.369 e. The quantitative estimate of drug-likeness (QED) is 0.757. The molecule has 0 aromatic heterocycles. The highest BCUT2D eigenvalue weighted by atomic mass is 35.5. The third-order valence-electron chi connectivity index (χ3n) is 4.84. The van der Waals surface area contributed by atoms with Crippen LogP contribution in [0.25, 0.3) is 0 Å². The number of aryl methyl sites for hydroxylation is 1. The normalized spacial score (nSPS) is 14.6. The number of para-hydroxylation sites is 1. The fourth-order valence-electron chi connectivity index (χ4n) is 3.13. The minimum absolute atomic E-state index is 0.437. The van der Waals surface area contributed by atoms with Crippen LogP contribution in [0.15, 0.2) is 48.5 Å². The Hall–Kier alpha value is -2.57. The molecule has 1 aliphatic heterocycles. The van der Waals surface area contributed by atoms with Gasteiger partial charge in [0, 0.05) is 55.7 Å². The Morgan fingerprint density at radius 3 is 2.39 bits per heavy atom. The van der Waals surface area contributed by atoms with Crippen molar-refractivity contribution < 1.29 is 9.59 Å². The lowest BCUT2D eigenvalue weighted by molar-refractivity contribution is -0.136. The van der Waals surface area contributed by atoms with Crippen LogP contribution in [-0.2, 0) is 9.59 Å². The Kier molecular flexibility index (Phi) is 6.90. The number of benzene rings is 2. The molecule has 148 valence electrons. The number of carbonyl (C=O) groups is 2. The maximum absolute atomic E-state index is 12.0. The van der Waals surface area contributed by atoms with E-state index in [0.29, 0.717) is 17.3 Å². The lowest BCUT2D eigenvalue weighted by Gasteiger charge is -2.36. The Morgan fingerprint density at radius 2 is 1.71 bits per heavy atom. The third kappa shape index (κ3) is 5.47. The predicted molar refractivity (Wildman–Crippen MR) is 113 cm³/mol. The summed E-state index contributed by atoms with van der Waals surface area (Å²) in [6.07, 6.45) is 0. The van der Waals surface area contributed by atoms with Crippen LogP contribution in [0.5, 0.6) is 0 Å². The summed E-state index contributed by atoms with van der Waals surface area (Å²) in [7, 11) is 0. The zero-order valence-electron chi connectivity index (χ0n) is 16.0. The number of hydrogen-bond donors (Lipinski definition) is 2. The minimum Gasteiger partial charge on any atom is -0.369 e. The summed E-state index contributed by atoms with van der Waals surface area (Å²) in [6.45, 7) is 6.79. The molecule has 3 rings (SSSR count). The van der Waals surface area contributed by atoms with Crippen LogP contribution >= 0.6 is 11.6 Å². The molecule has 2 amide bonds. The van der Waals surface area contributed by atoms with Crippen LogP contribution in [0.4, 0.5) is 11.4 Å². The number of anilines is 2. The smallest absolute Gasteiger partial charge is 0.313 e. The second-order valence-electron chi connectivity index (χ2n) is 6.84. The van der Waals surface area contributed by atoms with Crippen molar-refractivity contribution in [3.8, 4) is 0 Å². The number of nitrogens with one attached hydrogen (secondary N) is 2. The van der Waals surface area contributed by atoms with Gasteiger partial charge in [-0.1, -0.05) is 35.9 Å². The van der Waals surface area contributed by atoms with Crippen LogP contribution in [0.3, 0.4) is 0 Å². The van der Waals surface area contributed by atoms with Crippen LogP contribution in [0, 0.1) is 6.92 Å². The molecule has 28 heavy (non-hydrogen) atoms. The SMILES string of the molecule is Cc1ccc(NC(=O)C(=O)NCCN2CCN(c3ccccc3)CC2)cc1Cl. The van der Waals surface area contributed by atoms with E-state index in [1.165, 1.54) is 5.69 Å².